The van der Waals surface area contributed by atoms with Crippen molar-refractivity contribution in [1.82, 2.24) is 9.97 Å². The van der Waals surface area contributed by atoms with Crippen LogP contribution in [0.1, 0.15) is 6.42 Å². The van der Waals surface area contributed by atoms with Gasteiger partial charge in [0.15, 0.2) is 22.9 Å². The van der Waals surface area contributed by atoms with Crippen molar-refractivity contribution >= 4 is 32.1 Å². The third-order valence-electron chi connectivity index (χ3n) is 7.88. The molecule has 50 heavy (non-hydrogen) atoms. The van der Waals surface area contributed by atoms with Crippen molar-refractivity contribution in [3.05, 3.63) is 127 Å². The molecule has 2 heterocycles. The van der Waals surface area contributed by atoms with Crippen LogP contribution in [-0.4, -0.2) is 36.2 Å². The monoisotopic (exact) mass is 700 g/mol. The van der Waals surface area contributed by atoms with Gasteiger partial charge in [-0.25, -0.2) is 18.7 Å². The van der Waals surface area contributed by atoms with Gasteiger partial charge in [-0.05, 0) is 29.8 Å². The minimum absolute atomic E-state index is 0.0677. The normalized spacial score (nSPS) is 12.4. The summed E-state index contributed by atoms with van der Waals surface area (Å²) in [5.41, 5.74) is 4.62. The van der Waals surface area contributed by atoms with Gasteiger partial charge in [0, 0.05) is 33.0 Å². The molecule has 0 radical (unpaired) electrons. The number of nitrogens with zero attached hydrogens (tertiary/aromatic N) is 2. The van der Waals surface area contributed by atoms with Gasteiger partial charge in [0.1, 0.15) is 12.0 Å². The van der Waals surface area contributed by atoms with Crippen molar-refractivity contribution in [1.29, 1.82) is 0 Å². The zero-order valence-electron chi connectivity index (χ0n) is 25.9. The van der Waals surface area contributed by atoms with Gasteiger partial charge < -0.3 is 8.60 Å². The summed E-state index contributed by atoms with van der Waals surface area (Å²) >= 11 is 0. The smallest absolute Gasteiger partial charge is 0.394 e. The second-order valence-electron chi connectivity index (χ2n) is 11.6. The number of furan rings is 1. The first-order valence-electron chi connectivity index (χ1n) is 15.3. The van der Waals surface area contributed by atoms with E-state index in [1.54, 1.807) is 54.6 Å². The van der Waals surface area contributed by atoms with Crippen LogP contribution in [0.15, 0.2) is 132 Å². The Labute approximate surface area is 282 Å². The third-order valence-corrected chi connectivity index (χ3v) is 9.07. The van der Waals surface area contributed by atoms with Crippen LogP contribution in [-0.2, 0) is 10.1 Å². The molecule has 0 bridgehead atoms. The summed E-state index contributed by atoms with van der Waals surface area (Å²) in [7, 11) is -5.27. The molecule has 0 aliphatic carbocycles. The van der Waals surface area contributed by atoms with Gasteiger partial charge in [-0.2, -0.15) is 21.6 Å². The van der Waals surface area contributed by atoms with Gasteiger partial charge >= 0.3 is 16.3 Å². The van der Waals surface area contributed by atoms with Crippen LogP contribution in [0.3, 0.4) is 0 Å². The number of benzene rings is 5. The Morgan fingerprint density at radius 2 is 1.18 bits per heavy atom. The maximum atomic E-state index is 14.3. The van der Waals surface area contributed by atoms with Gasteiger partial charge in [-0.15, -0.1) is 0 Å². The average Bonchev–Trinajstić information content (AvgIpc) is 3.47. The molecule has 0 spiro atoms. The van der Waals surface area contributed by atoms with E-state index in [1.165, 1.54) is 6.07 Å². The second kappa shape index (κ2) is 12.7. The fourth-order valence-electron chi connectivity index (χ4n) is 5.72. The molecule has 0 aliphatic heterocycles. The SMILES string of the molecule is O=S(=O)(CC(F)(F)CC(F)(F)F)Oc1c(-c2ccc(-c3nc(-c4ccccc4)cc(-c4ccccc4)n3)cc2)ccc2c1oc1ccccc12. The summed E-state index contributed by atoms with van der Waals surface area (Å²) in [6, 6.07) is 37.8. The Morgan fingerprint density at radius 1 is 0.620 bits per heavy atom. The first kappa shape index (κ1) is 32.9. The van der Waals surface area contributed by atoms with Crippen molar-refractivity contribution in [3.8, 4) is 50.8 Å². The van der Waals surface area contributed by atoms with Gasteiger partial charge in [0.05, 0.1) is 11.4 Å². The highest BCUT2D eigenvalue weighted by Gasteiger charge is 2.47. The summed E-state index contributed by atoms with van der Waals surface area (Å²) in [4.78, 5) is 9.62. The Hall–Kier alpha value is -5.62. The van der Waals surface area contributed by atoms with Gasteiger partial charge in [-0.1, -0.05) is 103 Å². The average molecular weight is 701 g/mol. The highest BCUT2D eigenvalue weighted by Crippen LogP contribution is 2.43. The fraction of sp³-hybridized carbons (Fsp3) is 0.105. The fourth-order valence-corrected chi connectivity index (χ4v) is 6.82. The summed E-state index contributed by atoms with van der Waals surface area (Å²) in [6.07, 6.45) is -7.91. The molecule has 0 unspecified atom stereocenters. The van der Waals surface area contributed by atoms with Crippen molar-refractivity contribution in [2.75, 3.05) is 5.75 Å². The quantitative estimate of drug-likeness (QED) is 0.110. The molecule has 12 heteroatoms. The molecule has 252 valence electrons. The lowest BCUT2D eigenvalue weighted by Gasteiger charge is -2.19. The summed E-state index contributed by atoms with van der Waals surface area (Å²) in [6.45, 7) is 0. The van der Waals surface area contributed by atoms with Gasteiger partial charge in [0.25, 0.3) is 5.92 Å². The Balaban J connectivity index is 1.31. The number of hydrogen-bond donors (Lipinski definition) is 0. The number of rotatable bonds is 9. The van der Waals surface area contributed by atoms with Crippen LogP contribution >= 0.6 is 0 Å². The first-order valence-corrected chi connectivity index (χ1v) is 16.8. The summed E-state index contributed by atoms with van der Waals surface area (Å²) < 4.78 is 104. The molecule has 0 fully saturated rings. The maximum absolute atomic E-state index is 14.3. The molecule has 0 saturated heterocycles. The zero-order chi connectivity index (χ0) is 35.1. The van der Waals surface area contributed by atoms with Crippen molar-refractivity contribution < 1.29 is 39.0 Å². The van der Waals surface area contributed by atoms with E-state index >= 15 is 0 Å². The molecule has 0 amide bonds. The predicted octanol–water partition coefficient (Wildman–Crippen LogP) is 10.3. The summed E-state index contributed by atoms with van der Waals surface area (Å²) in [5, 5.41) is 1.02. The van der Waals surface area contributed by atoms with E-state index in [-0.39, 0.29) is 11.1 Å². The molecular weight excluding hydrogens is 675 g/mol. The molecule has 7 rings (SSSR count). The van der Waals surface area contributed by atoms with Gasteiger partial charge in [-0.3, -0.25) is 0 Å². The number of alkyl halides is 5. The molecule has 0 saturated carbocycles. The zero-order valence-corrected chi connectivity index (χ0v) is 26.7. The van der Waals surface area contributed by atoms with E-state index in [9.17, 15) is 30.4 Å². The highest BCUT2D eigenvalue weighted by molar-refractivity contribution is 7.87. The minimum Gasteiger partial charge on any atom is -0.452 e. The van der Waals surface area contributed by atoms with Crippen LogP contribution in [0.4, 0.5) is 22.0 Å². The molecule has 0 atom stereocenters. The van der Waals surface area contributed by atoms with E-state index < -0.39 is 40.1 Å². The maximum Gasteiger partial charge on any atom is 0.394 e. The Bertz CT molecular complexity index is 2370. The number of fused-ring (bicyclic) bond motifs is 3. The molecule has 2 aromatic heterocycles. The predicted molar refractivity (Wildman–Crippen MR) is 181 cm³/mol. The second-order valence-corrected chi connectivity index (χ2v) is 13.2. The third kappa shape index (κ3) is 7.06. The lowest BCUT2D eigenvalue weighted by molar-refractivity contribution is -0.181. The number of halogens is 5. The van der Waals surface area contributed by atoms with E-state index in [1.807, 2.05) is 66.7 Å². The van der Waals surface area contributed by atoms with E-state index in [2.05, 4.69) is 0 Å². The lowest BCUT2D eigenvalue weighted by Crippen LogP contribution is -2.35. The number of aromatic nitrogens is 2. The van der Waals surface area contributed by atoms with Gasteiger partial charge in [0.2, 0.25) is 0 Å². The molecular formula is C38H25F5N2O4S. The van der Waals surface area contributed by atoms with Crippen molar-refractivity contribution in [2.24, 2.45) is 0 Å². The van der Waals surface area contributed by atoms with Crippen LogP contribution in [0, 0.1) is 0 Å². The summed E-state index contributed by atoms with van der Waals surface area (Å²) in [5.74, 6) is -6.83. The van der Waals surface area contributed by atoms with E-state index in [0.29, 0.717) is 44.7 Å². The molecule has 6 nitrogen and oxygen atoms in total. The standard InChI is InChI=1S/C38H25F5N2O4S/c39-37(40,22-38(41,42)43)23-50(46,47)49-35-28(19-20-30-29-13-7-8-14-33(29)48-34(30)35)24-15-17-27(18-16-24)36-44-31(25-9-3-1-4-10-25)21-32(45-36)26-11-5-2-6-12-26/h1-21H,22-23H2. The van der Waals surface area contributed by atoms with Crippen LogP contribution < -0.4 is 4.18 Å². The van der Waals surface area contributed by atoms with Crippen LogP contribution in [0.25, 0.3) is 67.0 Å². The minimum atomic E-state index is -5.29. The van der Waals surface area contributed by atoms with Crippen LogP contribution in [0.5, 0.6) is 5.75 Å². The Kier molecular flexibility index (Phi) is 8.35. The first-order chi connectivity index (χ1) is 23.8. The number of hydrogen-bond acceptors (Lipinski definition) is 6. The van der Waals surface area contributed by atoms with E-state index in [4.69, 9.17) is 18.6 Å². The molecule has 0 aliphatic rings. The highest BCUT2D eigenvalue weighted by atomic mass is 32.2. The molecule has 5 aromatic carbocycles. The van der Waals surface area contributed by atoms with E-state index in [0.717, 1.165) is 11.1 Å². The number of para-hydroxylation sites is 1. The lowest BCUT2D eigenvalue weighted by atomic mass is 10.0. The molecule has 7 aromatic rings. The van der Waals surface area contributed by atoms with Crippen molar-refractivity contribution in [2.45, 2.75) is 18.5 Å². The van der Waals surface area contributed by atoms with Crippen molar-refractivity contribution in [3.63, 3.8) is 0 Å². The molecule has 0 N–H and O–H groups in total. The van der Waals surface area contributed by atoms with Crippen LogP contribution in [0.2, 0.25) is 0 Å². The largest absolute Gasteiger partial charge is 0.452 e. The Morgan fingerprint density at radius 3 is 1.78 bits per heavy atom. The topological polar surface area (TPSA) is 82.3 Å².